The average molecular weight is 143 g/mol. The van der Waals surface area contributed by atoms with Gasteiger partial charge in [0.1, 0.15) is 0 Å². The van der Waals surface area contributed by atoms with Crippen LogP contribution in [-0.4, -0.2) is 86.1 Å². The van der Waals surface area contributed by atoms with Gasteiger partial charge in [0.25, 0.3) is 0 Å². The van der Waals surface area contributed by atoms with E-state index >= 15 is 0 Å². The van der Waals surface area contributed by atoms with Gasteiger partial charge >= 0.3 is 0 Å². The molecule has 0 saturated carbocycles. The zero-order valence-corrected chi connectivity index (χ0v) is 8.78. The molecule has 0 fully saturated rings. The van der Waals surface area contributed by atoms with Crippen molar-refractivity contribution >= 4 is 86.1 Å². The lowest BCUT2D eigenvalue weighted by Gasteiger charge is -1.90. The van der Waals surface area contributed by atoms with Crippen molar-refractivity contribution in [1.82, 2.24) is 0 Å². The fourth-order valence-electron chi connectivity index (χ4n) is 1.49. The molecule has 0 aromatic carbocycles. The van der Waals surface area contributed by atoms with Crippen LogP contribution in [0.2, 0.25) is 0 Å². The third-order valence-electron chi connectivity index (χ3n) is 2.35. The Bertz CT molecular complexity index is 56.4. The first-order valence-electron chi connectivity index (χ1n) is 5.71. The second-order valence-corrected chi connectivity index (χ2v) is 3.68. The Balaban J connectivity index is 2.73. The van der Waals surface area contributed by atoms with Gasteiger partial charge in [-0.05, 0) is 0 Å². The summed E-state index contributed by atoms with van der Waals surface area (Å²) in [4.78, 5) is 0. The highest BCUT2D eigenvalue weighted by atomic mass is 12.8. The second kappa shape index (κ2) is 11.8. The molecule has 12 heteroatoms. The van der Waals surface area contributed by atoms with Gasteiger partial charge in [-0.15, -0.1) is 0 Å². The Kier molecular flexibility index (Phi) is 12.5. The van der Waals surface area contributed by atoms with Crippen molar-refractivity contribution in [3.63, 3.8) is 0 Å². The van der Waals surface area contributed by atoms with E-state index in [0.717, 1.165) is 7.06 Å². The maximum atomic E-state index is 3.84. The fourth-order valence-corrected chi connectivity index (χ4v) is 1.49. The van der Waals surface area contributed by atoms with Crippen molar-refractivity contribution in [3.05, 3.63) is 0 Å². The van der Waals surface area contributed by atoms with Crippen molar-refractivity contribution in [3.8, 4) is 0 Å². The summed E-state index contributed by atoms with van der Waals surface area (Å²) in [6.07, 6.45) is 0. The zero-order valence-electron chi connectivity index (χ0n) is 8.78. The highest BCUT2D eigenvalue weighted by molar-refractivity contribution is 7.70. The minimum absolute atomic E-state index is 1.12. The summed E-state index contributed by atoms with van der Waals surface area (Å²) in [5.41, 5.74) is 0. The Labute approximate surface area is 86.4 Å². The van der Waals surface area contributed by atoms with Crippen LogP contribution in [0.15, 0.2) is 0 Å². The van der Waals surface area contributed by atoms with Gasteiger partial charge in [0.15, 0.2) is 0 Å². The van der Waals surface area contributed by atoms with Crippen LogP contribution in [0.4, 0.5) is 0 Å². The highest BCUT2D eigenvalue weighted by Gasteiger charge is 1.99. The summed E-state index contributed by atoms with van der Waals surface area (Å²) in [7, 11) is 20.0. The minimum atomic E-state index is 1.12. The van der Waals surface area contributed by atoms with E-state index in [4.69, 9.17) is 0 Å². The molecule has 0 spiro atoms. The molecule has 0 atom stereocenters. The van der Waals surface area contributed by atoms with Crippen LogP contribution in [0.1, 0.15) is 0 Å². The van der Waals surface area contributed by atoms with Crippen molar-refractivity contribution in [2.45, 2.75) is 0 Å². The summed E-state index contributed by atoms with van der Waals surface area (Å²) < 4.78 is 0. The summed E-state index contributed by atoms with van der Waals surface area (Å²) in [6.45, 7) is 0. The van der Waals surface area contributed by atoms with E-state index in [1.807, 2.05) is 0 Å². The predicted octanol–water partition coefficient (Wildman–Crippen LogP) is -8.05. The first kappa shape index (κ1) is 12.8. The lowest BCUT2D eigenvalue weighted by atomic mass is 8.87. The maximum absolute atomic E-state index is 3.84. The first-order valence-corrected chi connectivity index (χ1v) is 5.71. The van der Waals surface area contributed by atoms with Gasteiger partial charge in [-0.3, -0.25) is 0 Å². The SMILES string of the molecule is [BH]BBBBBBBBBBB. The van der Waals surface area contributed by atoms with E-state index in [1.54, 1.807) is 0 Å². The third-order valence-corrected chi connectivity index (χ3v) is 2.35. The molecule has 0 saturated heterocycles. The van der Waals surface area contributed by atoms with Crippen LogP contribution in [0.3, 0.4) is 0 Å². The van der Waals surface area contributed by atoms with Gasteiger partial charge in [0.05, 0.1) is 7.74 Å². The smallest absolute Gasteiger partial charge is 0.0379 e. The molecule has 0 N–H and O–H groups in total. The third kappa shape index (κ3) is 10.8. The van der Waals surface area contributed by atoms with E-state index < -0.39 is 0 Å². The predicted molar refractivity (Wildman–Crippen MR) is 87.2 cm³/mol. The monoisotopic (exact) mass is 145 g/mol. The molecule has 0 aliphatic rings. The van der Waals surface area contributed by atoms with Crippen LogP contribution in [0.25, 0.3) is 0 Å². The zero-order chi connectivity index (χ0) is 9.07. The van der Waals surface area contributed by atoms with E-state index in [9.17, 15) is 0 Å². The molecule has 0 bridgehead atoms. The lowest BCUT2D eigenvalue weighted by molar-refractivity contribution is 3.81. The molecule has 0 rings (SSSR count). The molecule has 0 aliphatic heterocycles. The molecule has 49 valence electrons. The topological polar surface area (TPSA) is 0 Å². The van der Waals surface area contributed by atoms with Crippen molar-refractivity contribution < 1.29 is 0 Å². The molecule has 0 amide bonds. The summed E-state index contributed by atoms with van der Waals surface area (Å²) in [6, 6.07) is 0. The molecule has 1 radical (unpaired) electrons. The van der Waals surface area contributed by atoms with Gasteiger partial charge in [-0.1, -0.05) is 0 Å². The van der Waals surface area contributed by atoms with Gasteiger partial charge in [-0.2, -0.15) is 0 Å². The van der Waals surface area contributed by atoms with E-state index in [2.05, 4.69) is 15.5 Å². The van der Waals surface area contributed by atoms with Gasteiger partial charge in [0.2, 0.25) is 0 Å². The van der Waals surface area contributed by atoms with Gasteiger partial charge in [0, 0.05) is 78.3 Å². The molecule has 0 nitrogen and oxygen atoms in total. The molecule has 0 aliphatic carbocycles. The van der Waals surface area contributed by atoms with E-state index in [0.29, 0.717) is 0 Å². The number of hydrogen-bond acceptors (Lipinski definition) is 0. The minimum Gasteiger partial charge on any atom is 0.0379 e. The van der Waals surface area contributed by atoms with Crippen LogP contribution < -0.4 is 0 Å². The van der Waals surface area contributed by atoms with Crippen LogP contribution >= 0.6 is 0 Å². The molecule has 12 heavy (non-hydrogen) atoms. The van der Waals surface area contributed by atoms with Crippen molar-refractivity contribution in [1.29, 1.82) is 0 Å². The van der Waals surface area contributed by atoms with Crippen molar-refractivity contribution in [2.24, 2.45) is 0 Å². The molecule has 0 aromatic rings. The summed E-state index contributed by atoms with van der Waals surface area (Å²) in [5, 5.41) is 0. The fraction of sp³-hybridized carbons (Fsp3) is 0. The largest absolute Gasteiger partial charge is 0.0597 e. The molecular formula is H13B12. The van der Waals surface area contributed by atoms with E-state index in [1.165, 1.54) is 63.5 Å². The van der Waals surface area contributed by atoms with Crippen LogP contribution in [0, 0.1) is 0 Å². The van der Waals surface area contributed by atoms with Gasteiger partial charge < -0.3 is 0 Å². The molecule has 0 aromatic heterocycles. The lowest BCUT2D eigenvalue weighted by Crippen LogP contribution is -2.32. The number of rotatable bonds is 9. The van der Waals surface area contributed by atoms with Crippen LogP contribution in [0.5, 0.6) is 0 Å². The Morgan fingerprint density at radius 1 is 0.667 bits per heavy atom. The average Bonchev–Trinajstić information content (AvgIpc) is 2.10. The Morgan fingerprint density at radius 2 is 1.08 bits per heavy atom. The van der Waals surface area contributed by atoms with E-state index in [-0.39, 0.29) is 0 Å². The molecule has 0 heterocycles. The Morgan fingerprint density at radius 3 is 1.50 bits per heavy atom. The van der Waals surface area contributed by atoms with Crippen molar-refractivity contribution in [2.75, 3.05) is 0 Å². The molecular weight excluding hydrogens is 130 g/mol. The quantitative estimate of drug-likeness (QED) is 0.222. The normalized spacial score (nSPS) is 7.00. The van der Waals surface area contributed by atoms with Gasteiger partial charge in [-0.25, -0.2) is 0 Å². The standard InChI is InChI=1S/B12H13/c1-3-5-7-9-11-12-10-8-6-4-2/h1,3-12H,2H2. The maximum Gasteiger partial charge on any atom is 0.0597 e. The first-order chi connectivity index (χ1) is 5.91. The number of hydrogen-bond donors (Lipinski definition) is 0. The highest BCUT2D eigenvalue weighted by Crippen LogP contribution is 1.57. The summed E-state index contributed by atoms with van der Waals surface area (Å²) >= 11 is 0. The second-order valence-electron chi connectivity index (χ2n) is 3.68. The molecule has 0 unspecified atom stereocenters. The van der Waals surface area contributed by atoms with Crippen LogP contribution in [-0.2, 0) is 0 Å². The Hall–Kier alpha value is 0.779. The summed E-state index contributed by atoms with van der Waals surface area (Å²) in [5.74, 6) is 0.